The van der Waals surface area contributed by atoms with Gasteiger partial charge in [-0.2, -0.15) is 0 Å². The number of ketones is 1. The minimum absolute atomic E-state index is 0.105. The van der Waals surface area contributed by atoms with E-state index < -0.39 is 17.9 Å². The largest absolute Gasteiger partial charge is 0.493 e. The number of carbonyl (C=O) groups excluding carboxylic acids is 2. The van der Waals surface area contributed by atoms with Crippen molar-refractivity contribution in [3.63, 3.8) is 0 Å². The van der Waals surface area contributed by atoms with E-state index in [-0.39, 0.29) is 24.1 Å². The van der Waals surface area contributed by atoms with E-state index >= 15 is 0 Å². The van der Waals surface area contributed by atoms with Crippen LogP contribution < -0.4 is 24.3 Å². The zero-order valence-electron chi connectivity index (χ0n) is 19.4. The molecule has 0 aliphatic carbocycles. The Labute approximate surface area is 197 Å². The summed E-state index contributed by atoms with van der Waals surface area (Å²) in [5.41, 5.74) is 0.966. The first-order valence-electron chi connectivity index (χ1n) is 10.7. The predicted octanol–water partition coefficient (Wildman–Crippen LogP) is 3.31. The van der Waals surface area contributed by atoms with Crippen molar-refractivity contribution in [2.45, 2.75) is 26.3 Å². The van der Waals surface area contributed by atoms with Crippen molar-refractivity contribution in [2.75, 3.05) is 20.8 Å². The quantitative estimate of drug-likeness (QED) is 0.509. The summed E-state index contributed by atoms with van der Waals surface area (Å²) >= 11 is 0. The second-order valence-electron chi connectivity index (χ2n) is 8.06. The third kappa shape index (κ3) is 5.67. The summed E-state index contributed by atoms with van der Waals surface area (Å²) in [6, 6.07) is 8.90. The summed E-state index contributed by atoms with van der Waals surface area (Å²) in [5, 5.41) is 11.7. The van der Waals surface area contributed by atoms with Gasteiger partial charge in [0.05, 0.1) is 19.8 Å². The Morgan fingerprint density at radius 3 is 2.56 bits per heavy atom. The molecule has 2 aromatic carbocycles. The Balaban J connectivity index is 1.70. The van der Waals surface area contributed by atoms with Gasteiger partial charge in [-0.05, 0) is 36.6 Å². The maximum Gasteiger partial charge on any atom is 0.326 e. The first kappa shape index (κ1) is 24.6. The lowest BCUT2D eigenvalue weighted by Crippen LogP contribution is -2.43. The molecule has 0 saturated heterocycles. The van der Waals surface area contributed by atoms with Crippen LogP contribution in [0.25, 0.3) is 6.08 Å². The van der Waals surface area contributed by atoms with Crippen LogP contribution in [-0.2, 0) is 9.59 Å². The molecule has 1 aliphatic rings. The summed E-state index contributed by atoms with van der Waals surface area (Å²) in [6.45, 7) is 3.37. The van der Waals surface area contributed by atoms with Gasteiger partial charge in [0.1, 0.15) is 17.5 Å². The van der Waals surface area contributed by atoms with Crippen LogP contribution in [0.15, 0.2) is 42.2 Å². The monoisotopic (exact) mass is 469 g/mol. The van der Waals surface area contributed by atoms with Gasteiger partial charge in [-0.1, -0.05) is 26.0 Å². The van der Waals surface area contributed by atoms with Gasteiger partial charge in [0.15, 0.2) is 23.9 Å². The van der Waals surface area contributed by atoms with Crippen LogP contribution >= 0.6 is 0 Å². The summed E-state index contributed by atoms with van der Waals surface area (Å²) in [6.07, 6.45) is 1.88. The number of fused-ring (bicyclic) bond motifs is 1. The molecule has 3 rings (SSSR count). The molecule has 180 valence electrons. The molecular formula is C25H27NO8. The average Bonchev–Trinajstić information content (AvgIpc) is 3.11. The lowest BCUT2D eigenvalue weighted by Gasteiger charge is -2.16. The molecule has 1 aliphatic heterocycles. The number of rotatable bonds is 10. The topological polar surface area (TPSA) is 120 Å². The van der Waals surface area contributed by atoms with E-state index in [1.54, 1.807) is 36.4 Å². The molecule has 1 heterocycles. The number of hydrogen-bond donors (Lipinski definition) is 2. The molecule has 0 unspecified atom stereocenters. The number of allylic oxidation sites excluding steroid dienone is 1. The van der Waals surface area contributed by atoms with E-state index in [1.165, 1.54) is 20.3 Å². The van der Waals surface area contributed by atoms with Gasteiger partial charge in [0.2, 0.25) is 5.78 Å². The highest BCUT2D eigenvalue weighted by Crippen LogP contribution is 2.37. The number of benzene rings is 2. The van der Waals surface area contributed by atoms with Gasteiger partial charge in [0.25, 0.3) is 5.91 Å². The molecule has 9 nitrogen and oxygen atoms in total. The summed E-state index contributed by atoms with van der Waals surface area (Å²) in [7, 11) is 3.03. The highest BCUT2D eigenvalue weighted by atomic mass is 16.5. The molecule has 2 aromatic rings. The third-order valence-electron chi connectivity index (χ3n) is 5.07. The van der Waals surface area contributed by atoms with Gasteiger partial charge in [-0.3, -0.25) is 9.59 Å². The lowest BCUT2D eigenvalue weighted by atomic mass is 10.0. The third-order valence-corrected chi connectivity index (χ3v) is 5.07. The smallest absolute Gasteiger partial charge is 0.326 e. The Bertz CT molecular complexity index is 1120. The lowest BCUT2D eigenvalue weighted by molar-refractivity contribution is -0.142. The number of hydrogen-bond acceptors (Lipinski definition) is 7. The van der Waals surface area contributed by atoms with Crippen LogP contribution in [0.5, 0.6) is 23.0 Å². The summed E-state index contributed by atoms with van der Waals surface area (Å²) < 4.78 is 21.9. The molecule has 1 amide bonds. The van der Waals surface area contributed by atoms with Crippen molar-refractivity contribution in [3.8, 4) is 23.0 Å². The van der Waals surface area contributed by atoms with Crippen LogP contribution in [0.4, 0.5) is 0 Å². The molecule has 2 N–H and O–H groups in total. The van der Waals surface area contributed by atoms with E-state index in [4.69, 9.17) is 18.9 Å². The van der Waals surface area contributed by atoms with Crippen molar-refractivity contribution >= 4 is 23.7 Å². The second kappa shape index (κ2) is 10.7. The van der Waals surface area contributed by atoms with Crippen LogP contribution in [0.1, 0.15) is 36.2 Å². The van der Waals surface area contributed by atoms with Crippen molar-refractivity contribution in [3.05, 3.63) is 53.3 Å². The Hall–Kier alpha value is -4.01. The zero-order valence-corrected chi connectivity index (χ0v) is 19.4. The number of Topliss-reactive ketones (excluding diaryl/α,β-unsaturated/α-hetero) is 1. The first-order valence-corrected chi connectivity index (χ1v) is 10.7. The Kier molecular flexibility index (Phi) is 7.78. The normalized spacial score (nSPS) is 14.4. The minimum Gasteiger partial charge on any atom is -0.493 e. The van der Waals surface area contributed by atoms with E-state index in [9.17, 15) is 19.5 Å². The number of amides is 1. The van der Waals surface area contributed by atoms with Gasteiger partial charge >= 0.3 is 5.97 Å². The number of para-hydroxylation sites is 1. The number of nitrogens with one attached hydrogen (secondary N) is 1. The maximum absolute atomic E-state index is 12.8. The molecule has 1 atom stereocenters. The highest BCUT2D eigenvalue weighted by Gasteiger charge is 2.28. The van der Waals surface area contributed by atoms with Crippen LogP contribution in [-0.4, -0.2) is 49.6 Å². The maximum atomic E-state index is 12.8. The molecule has 0 saturated carbocycles. The SMILES string of the molecule is COc1cccc(C=C2Oc3cc(OCC(=O)N[C@H](CC(C)C)C(=O)O)ccc3C2=O)c1OC. The number of ether oxygens (including phenoxy) is 4. The molecule has 0 spiro atoms. The summed E-state index contributed by atoms with van der Waals surface area (Å²) in [5.74, 6) is -0.166. The fourth-order valence-corrected chi connectivity index (χ4v) is 3.50. The molecule has 0 aromatic heterocycles. The van der Waals surface area contributed by atoms with Crippen LogP contribution in [0.2, 0.25) is 0 Å². The number of carboxylic acid groups (broad SMARTS) is 1. The molecule has 0 bridgehead atoms. The zero-order chi connectivity index (χ0) is 24.8. The van der Waals surface area contributed by atoms with Crippen molar-refractivity contribution in [2.24, 2.45) is 5.92 Å². The summed E-state index contributed by atoms with van der Waals surface area (Å²) in [4.78, 5) is 36.2. The first-order chi connectivity index (χ1) is 16.2. The fraction of sp³-hybridized carbons (Fsp3) is 0.320. The van der Waals surface area contributed by atoms with E-state index in [1.807, 2.05) is 13.8 Å². The molecule has 0 fully saturated rings. The average molecular weight is 469 g/mol. The van der Waals surface area contributed by atoms with Crippen molar-refractivity contribution in [1.29, 1.82) is 0 Å². The standard InChI is InChI=1S/C25H27NO8/c1-14(2)10-18(25(29)30)26-22(27)13-33-16-8-9-17-20(12-16)34-21(23(17)28)11-15-6-5-7-19(31-3)24(15)32-4/h5-9,11-12,14,18H,10,13H2,1-4H3,(H,26,27)(H,29,30)/t18-/m1/s1. The molecule has 34 heavy (non-hydrogen) atoms. The van der Waals surface area contributed by atoms with Gasteiger partial charge < -0.3 is 29.4 Å². The van der Waals surface area contributed by atoms with Gasteiger partial charge in [-0.25, -0.2) is 4.79 Å². The number of carboxylic acids is 1. The number of aliphatic carboxylic acids is 1. The van der Waals surface area contributed by atoms with Crippen LogP contribution in [0, 0.1) is 5.92 Å². The van der Waals surface area contributed by atoms with E-state index in [2.05, 4.69) is 5.32 Å². The van der Waals surface area contributed by atoms with Crippen LogP contribution in [0.3, 0.4) is 0 Å². The number of methoxy groups -OCH3 is 2. The van der Waals surface area contributed by atoms with Gasteiger partial charge in [0, 0.05) is 11.6 Å². The highest BCUT2D eigenvalue weighted by molar-refractivity contribution is 6.14. The second-order valence-corrected chi connectivity index (χ2v) is 8.06. The molecular weight excluding hydrogens is 442 g/mol. The Morgan fingerprint density at radius 2 is 1.91 bits per heavy atom. The van der Waals surface area contributed by atoms with Crippen molar-refractivity contribution < 1.29 is 38.4 Å². The Morgan fingerprint density at radius 1 is 1.15 bits per heavy atom. The fourth-order valence-electron chi connectivity index (χ4n) is 3.50. The van der Waals surface area contributed by atoms with Gasteiger partial charge in [-0.15, -0.1) is 0 Å². The molecule has 9 heteroatoms. The van der Waals surface area contributed by atoms with Crippen molar-refractivity contribution in [1.82, 2.24) is 5.32 Å². The predicted molar refractivity (Wildman–Crippen MR) is 123 cm³/mol. The molecule has 0 radical (unpaired) electrons. The number of carbonyl (C=O) groups is 3. The van der Waals surface area contributed by atoms with E-state index in [0.29, 0.717) is 40.5 Å². The minimum atomic E-state index is -1.10. The van der Waals surface area contributed by atoms with E-state index in [0.717, 1.165) is 0 Å².